The number of furan rings is 2. The Balaban J connectivity index is 2.18. The lowest BCUT2D eigenvalue weighted by molar-refractivity contribution is -0.141. The summed E-state index contributed by atoms with van der Waals surface area (Å²) in [6.07, 6.45) is 6.14. The average Bonchev–Trinajstić information content (AvgIpc) is 3.30. The molecule has 3 N–H and O–H groups in total. The molecule has 9 heteroatoms. The van der Waals surface area contributed by atoms with Crippen LogP contribution in [0.2, 0.25) is 0 Å². The summed E-state index contributed by atoms with van der Waals surface area (Å²) >= 11 is 1.47. The molecule has 0 fully saturated rings. The maximum atomic E-state index is 12.5. The summed E-state index contributed by atoms with van der Waals surface area (Å²) in [7, 11) is 0. The van der Waals surface area contributed by atoms with E-state index in [-0.39, 0.29) is 17.9 Å². The van der Waals surface area contributed by atoms with Gasteiger partial charge in [-0.2, -0.15) is 11.8 Å². The van der Waals surface area contributed by atoms with E-state index < -0.39 is 23.8 Å². The number of nitrogens with one attached hydrogen (secondary N) is 2. The van der Waals surface area contributed by atoms with E-state index in [0.717, 1.165) is 0 Å². The standard InChI is InChI=1S/C17H18N2O6S/c1-26-9-6-12(17(22)23)18-15(20)13(10-11-4-2-7-24-11)19-16(21)14-5-3-8-25-14/h2-5,7-8,10,12H,6,9H2,1H3,(H,18,20)(H,19,21)(H,22,23)/b13-10-/t12-/m0/s1. The molecule has 2 aromatic heterocycles. The van der Waals surface area contributed by atoms with Gasteiger partial charge in [-0.15, -0.1) is 0 Å². The number of hydrogen-bond acceptors (Lipinski definition) is 6. The quantitative estimate of drug-likeness (QED) is 0.570. The number of amides is 2. The zero-order chi connectivity index (χ0) is 18.9. The first-order valence-electron chi connectivity index (χ1n) is 7.64. The lowest BCUT2D eigenvalue weighted by Crippen LogP contribution is -2.44. The van der Waals surface area contributed by atoms with Gasteiger partial charge in [0, 0.05) is 6.08 Å². The highest BCUT2D eigenvalue weighted by Gasteiger charge is 2.23. The highest BCUT2D eigenvalue weighted by molar-refractivity contribution is 7.98. The van der Waals surface area contributed by atoms with Crippen molar-refractivity contribution in [1.29, 1.82) is 0 Å². The minimum absolute atomic E-state index is 0.0142. The van der Waals surface area contributed by atoms with Gasteiger partial charge < -0.3 is 24.6 Å². The Morgan fingerprint density at radius 3 is 2.54 bits per heavy atom. The molecule has 2 aromatic rings. The van der Waals surface area contributed by atoms with Crippen LogP contribution in [0.5, 0.6) is 0 Å². The molecule has 0 aliphatic rings. The summed E-state index contributed by atoms with van der Waals surface area (Å²) in [4.78, 5) is 36.0. The molecule has 1 atom stereocenters. The van der Waals surface area contributed by atoms with E-state index in [1.807, 2.05) is 6.26 Å². The number of carbonyl (C=O) groups is 3. The third-order valence-electron chi connectivity index (χ3n) is 3.28. The van der Waals surface area contributed by atoms with Crippen LogP contribution >= 0.6 is 11.8 Å². The smallest absolute Gasteiger partial charge is 0.326 e. The minimum Gasteiger partial charge on any atom is -0.480 e. The number of hydrogen-bond donors (Lipinski definition) is 3. The molecular weight excluding hydrogens is 360 g/mol. The van der Waals surface area contributed by atoms with E-state index in [0.29, 0.717) is 11.5 Å². The molecule has 2 rings (SSSR count). The molecule has 0 saturated carbocycles. The highest BCUT2D eigenvalue weighted by Crippen LogP contribution is 2.09. The molecule has 26 heavy (non-hydrogen) atoms. The van der Waals surface area contributed by atoms with Gasteiger partial charge in [0.2, 0.25) is 0 Å². The maximum Gasteiger partial charge on any atom is 0.326 e. The van der Waals surface area contributed by atoms with Gasteiger partial charge in [0.05, 0.1) is 12.5 Å². The lowest BCUT2D eigenvalue weighted by atomic mass is 10.2. The lowest BCUT2D eigenvalue weighted by Gasteiger charge is -2.15. The Kier molecular flexibility index (Phi) is 7.10. The van der Waals surface area contributed by atoms with Crippen molar-refractivity contribution in [3.05, 3.63) is 54.0 Å². The summed E-state index contributed by atoms with van der Waals surface area (Å²) in [5, 5.41) is 14.1. The highest BCUT2D eigenvalue weighted by atomic mass is 32.2. The van der Waals surface area contributed by atoms with Gasteiger partial charge in [-0.05, 0) is 42.7 Å². The van der Waals surface area contributed by atoms with Crippen LogP contribution in [-0.2, 0) is 9.59 Å². The van der Waals surface area contributed by atoms with Crippen molar-refractivity contribution in [1.82, 2.24) is 10.6 Å². The average molecular weight is 378 g/mol. The Hall–Kier alpha value is -2.94. The predicted octanol–water partition coefficient (Wildman–Crippen LogP) is 1.97. The molecule has 0 aromatic carbocycles. The van der Waals surface area contributed by atoms with Crippen molar-refractivity contribution in [2.24, 2.45) is 0 Å². The molecule has 2 amide bonds. The van der Waals surface area contributed by atoms with Crippen LogP contribution in [0.15, 0.2) is 51.3 Å². The first-order valence-corrected chi connectivity index (χ1v) is 9.03. The van der Waals surface area contributed by atoms with E-state index in [2.05, 4.69) is 10.6 Å². The molecule has 8 nitrogen and oxygen atoms in total. The van der Waals surface area contributed by atoms with Crippen molar-refractivity contribution >= 4 is 35.6 Å². The fourth-order valence-electron chi connectivity index (χ4n) is 1.99. The van der Waals surface area contributed by atoms with Crippen molar-refractivity contribution in [2.75, 3.05) is 12.0 Å². The zero-order valence-corrected chi connectivity index (χ0v) is 14.7. The Morgan fingerprint density at radius 2 is 1.96 bits per heavy atom. The van der Waals surface area contributed by atoms with Crippen molar-refractivity contribution in [3.63, 3.8) is 0 Å². The summed E-state index contributed by atoms with van der Waals surface area (Å²) in [6, 6.07) is 5.11. The normalized spacial score (nSPS) is 12.4. The molecular formula is C17H18N2O6S. The van der Waals surface area contributed by atoms with Crippen LogP contribution in [0.25, 0.3) is 6.08 Å². The van der Waals surface area contributed by atoms with E-state index >= 15 is 0 Å². The summed E-state index contributed by atoms with van der Waals surface area (Å²) in [6.45, 7) is 0. The number of thioether (sulfide) groups is 1. The second kappa shape index (κ2) is 9.52. The molecule has 0 saturated heterocycles. The van der Waals surface area contributed by atoms with Gasteiger partial charge in [-0.1, -0.05) is 0 Å². The third kappa shape index (κ3) is 5.55. The molecule has 0 aliphatic heterocycles. The molecule has 0 aliphatic carbocycles. The number of rotatable bonds is 9. The number of aliphatic carboxylic acids is 1. The summed E-state index contributed by atoms with van der Waals surface area (Å²) in [5.74, 6) is -1.63. The second-order valence-corrected chi connectivity index (χ2v) is 6.14. The zero-order valence-electron chi connectivity index (χ0n) is 13.9. The first-order chi connectivity index (χ1) is 12.5. The van der Waals surface area contributed by atoms with Crippen LogP contribution in [0.1, 0.15) is 22.7 Å². The van der Waals surface area contributed by atoms with Crippen LogP contribution in [0.3, 0.4) is 0 Å². The Labute approximate surface area is 153 Å². The SMILES string of the molecule is CSCC[C@H](NC(=O)/C(=C/c1ccco1)NC(=O)c1ccco1)C(=O)O. The molecule has 0 radical (unpaired) electrons. The fraction of sp³-hybridized carbons (Fsp3) is 0.235. The maximum absolute atomic E-state index is 12.5. The summed E-state index contributed by atoms with van der Waals surface area (Å²) < 4.78 is 10.1. The second-order valence-electron chi connectivity index (χ2n) is 5.15. The molecule has 138 valence electrons. The van der Waals surface area contributed by atoms with Crippen molar-refractivity contribution < 1.29 is 28.3 Å². The number of carboxylic acids is 1. The number of carboxylic acid groups (broad SMARTS) is 1. The van der Waals surface area contributed by atoms with Gasteiger partial charge in [-0.25, -0.2) is 4.79 Å². The molecule has 2 heterocycles. The molecule has 0 spiro atoms. The summed E-state index contributed by atoms with van der Waals surface area (Å²) in [5.41, 5.74) is -0.156. The van der Waals surface area contributed by atoms with Gasteiger partial charge >= 0.3 is 5.97 Å². The predicted molar refractivity (Wildman–Crippen MR) is 95.4 cm³/mol. The minimum atomic E-state index is -1.15. The van der Waals surface area contributed by atoms with E-state index in [1.54, 1.807) is 12.1 Å². The van der Waals surface area contributed by atoms with Gasteiger partial charge in [0.1, 0.15) is 17.5 Å². The largest absolute Gasteiger partial charge is 0.480 e. The Morgan fingerprint density at radius 1 is 1.23 bits per heavy atom. The number of carbonyl (C=O) groups excluding carboxylic acids is 2. The van der Waals surface area contributed by atoms with E-state index in [4.69, 9.17) is 8.83 Å². The topological polar surface area (TPSA) is 122 Å². The molecule has 0 unspecified atom stereocenters. The monoisotopic (exact) mass is 378 g/mol. The van der Waals surface area contributed by atoms with E-state index in [9.17, 15) is 19.5 Å². The van der Waals surface area contributed by atoms with Crippen LogP contribution < -0.4 is 10.6 Å². The van der Waals surface area contributed by atoms with Crippen molar-refractivity contribution in [2.45, 2.75) is 12.5 Å². The van der Waals surface area contributed by atoms with E-state index in [1.165, 1.54) is 42.5 Å². The first kappa shape index (κ1) is 19.4. The fourth-order valence-corrected chi connectivity index (χ4v) is 2.47. The third-order valence-corrected chi connectivity index (χ3v) is 3.93. The molecule has 0 bridgehead atoms. The van der Waals surface area contributed by atoms with Crippen LogP contribution in [0.4, 0.5) is 0 Å². The van der Waals surface area contributed by atoms with Crippen LogP contribution in [0, 0.1) is 0 Å². The van der Waals surface area contributed by atoms with Gasteiger partial charge in [0.25, 0.3) is 11.8 Å². The van der Waals surface area contributed by atoms with Gasteiger partial charge in [0.15, 0.2) is 5.76 Å². The Bertz CT molecular complexity index is 767. The van der Waals surface area contributed by atoms with Crippen molar-refractivity contribution in [3.8, 4) is 0 Å². The van der Waals surface area contributed by atoms with Gasteiger partial charge in [-0.3, -0.25) is 9.59 Å². The van der Waals surface area contributed by atoms with Crippen LogP contribution in [-0.4, -0.2) is 40.9 Å².